The molecule has 1 atom stereocenters. The Labute approximate surface area is 94.7 Å². The Bertz CT molecular complexity index is 535. The van der Waals surface area contributed by atoms with E-state index in [1.165, 1.54) is 0 Å². The summed E-state index contributed by atoms with van der Waals surface area (Å²) in [6.07, 6.45) is 7.51. The van der Waals surface area contributed by atoms with Crippen molar-refractivity contribution < 1.29 is 0 Å². The van der Waals surface area contributed by atoms with E-state index in [1.807, 2.05) is 26.0 Å². The zero-order valence-electron chi connectivity index (χ0n) is 9.44. The molecule has 82 valence electrons. The van der Waals surface area contributed by atoms with Crippen LogP contribution in [0.1, 0.15) is 18.9 Å². The van der Waals surface area contributed by atoms with Crippen LogP contribution in [0.4, 0.5) is 5.82 Å². The summed E-state index contributed by atoms with van der Waals surface area (Å²) in [7, 11) is 0. The number of nitrogens with one attached hydrogen (secondary N) is 1. The fourth-order valence-corrected chi connectivity index (χ4v) is 1.64. The predicted molar refractivity (Wildman–Crippen MR) is 64.3 cm³/mol. The third-order valence-corrected chi connectivity index (χ3v) is 2.34. The van der Waals surface area contributed by atoms with Gasteiger partial charge in [-0.3, -0.25) is 0 Å². The highest BCUT2D eigenvalue weighted by Crippen LogP contribution is 2.14. The number of nitrogens with zero attached hydrogens (tertiary/aromatic N) is 3. The number of rotatable bonds is 3. The highest BCUT2D eigenvalue weighted by Gasteiger charge is 2.06. The average Bonchev–Trinajstić information content (AvgIpc) is 2.65. The first-order valence-electron chi connectivity index (χ1n) is 5.21. The van der Waals surface area contributed by atoms with Gasteiger partial charge in [0.25, 0.3) is 0 Å². The molecule has 2 aromatic rings. The van der Waals surface area contributed by atoms with Gasteiger partial charge in [0.1, 0.15) is 12.1 Å². The second-order valence-electron chi connectivity index (χ2n) is 3.90. The second kappa shape index (κ2) is 4.23. The van der Waals surface area contributed by atoms with Crippen LogP contribution < -0.4 is 5.32 Å². The molecule has 0 spiro atoms. The number of terminal acetylenes is 1. The topological polar surface area (TPSA) is 42.2 Å². The van der Waals surface area contributed by atoms with Crippen molar-refractivity contribution in [2.45, 2.75) is 26.3 Å². The first-order valence-corrected chi connectivity index (χ1v) is 5.21. The maximum atomic E-state index is 5.28. The fraction of sp³-hybridized carbons (Fsp3) is 0.333. The number of fused-ring (bicyclic) bond motifs is 1. The van der Waals surface area contributed by atoms with Crippen LogP contribution in [0.15, 0.2) is 18.5 Å². The lowest BCUT2D eigenvalue weighted by atomic mass is 10.2. The lowest BCUT2D eigenvalue weighted by Crippen LogP contribution is -2.16. The zero-order chi connectivity index (χ0) is 11.5. The standard InChI is InChI=1S/C12H14N4/c1-4-5-10(3)15-12-7-9(2)6-11-13-8-14-16(11)12/h1,6-8,10,15H,5H2,2-3H3. The van der Waals surface area contributed by atoms with Gasteiger partial charge in [0, 0.05) is 12.5 Å². The lowest BCUT2D eigenvalue weighted by molar-refractivity contribution is 0.804. The van der Waals surface area contributed by atoms with Crippen LogP contribution in [0.5, 0.6) is 0 Å². The van der Waals surface area contributed by atoms with Crippen LogP contribution in [0, 0.1) is 19.3 Å². The summed E-state index contributed by atoms with van der Waals surface area (Å²) in [6, 6.07) is 4.25. The average molecular weight is 214 g/mol. The number of aromatic nitrogens is 3. The number of hydrogen-bond donors (Lipinski definition) is 1. The molecule has 4 nitrogen and oxygen atoms in total. The Hall–Kier alpha value is -2.02. The van der Waals surface area contributed by atoms with Crippen LogP contribution in [0.2, 0.25) is 0 Å². The molecule has 0 aromatic carbocycles. The molecule has 0 aliphatic rings. The Kier molecular flexibility index (Phi) is 2.78. The summed E-state index contributed by atoms with van der Waals surface area (Å²) < 4.78 is 1.78. The third-order valence-electron chi connectivity index (χ3n) is 2.34. The molecule has 0 bridgehead atoms. The van der Waals surface area contributed by atoms with Crippen molar-refractivity contribution in [2.24, 2.45) is 0 Å². The van der Waals surface area contributed by atoms with Gasteiger partial charge in [0.05, 0.1) is 0 Å². The van der Waals surface area contributed by atoms with Crippen molar-refractivity contribution in [3.05, 3.63) is 24.0 Å². The Balaban J connectivity index is 2.36. The van der Waals surface area contributed by atoms with E-state index in [0.717, 1.165) is 17.0 Å². The van der Waals surface area contributed by atoms with Gasteiger partial charge in [0.2, 0.25) is 0 Å². The van der Waals surface area contributed by atoms with Gasteiger partial charge in [0.15, 0.2) is 5.65 Å². The molecule has 2 heterocycles. The smallest absolute Gasteiger partial charge is 0.157 e. The molecule has 0 radical (unpaired) electrons. The molecular formula is C12H14N4. The van der Waals surface area contributed by atoms with Crippen molar-refractivity contribution in [1.29, 1.82) is 0 Å². The van der Waals surface area contributed by atoms with Crippen LogP contribution in [-0.4, -0.2) is 20.6 Å². The molecule has 2 rings (SSSR count). The normalized spacial score (nSPS) is 12.3. The Morgan fingerprint density at radius 2 is 2.38 bits per heavy atom. The molecule has 0 aliphatic carbocycles. The summed E-state index contributed by atoms with van der Waals surface area (Å²) in [5.74, 6) is 3.56. The monoisotopic (exact) mass is 214 g/mol. The van der Waals surface area contributed by atoms with Crippen molar-refractivity contribution in [1.82, 2.24) is 14.6 Å². The number of aryl methyl sites for hydroxylation is 1. The first kappa shape index (κ1) is 10.5. The van der Waals surface area contributed by atoms with Crippen LogP contribution in [0.3, 0.4) is 0 Å². The lowest BCUT2D eigenvalue weighted by Gasteiger charge is -2.13. The van der Waals surface area contributed by atoms with Gasteiger partial charge in [-0.15, -0.1) is 12.3 Å². The van der Waals surface area contributed by atoms with Gasteiger partial charge in [-0.05, 0) is 31.5 Å². The van der Waals surface area contributed by atoms with Gasteiger partial charge in [-0.2, -0.15) is 9.61 Å². The van der Waals surface area contributed by atoms with Crippen molar-refractivity contribution in [3.63, 3.8) is 0 Å². The van der Waals surface area contributed by atoms with E-state index < -0.39 is 0 Å². The highest BCUT2D eigenvalue weighted by molar-refractivity contribution is 5.51. The minimum Gasteiger partial charge on any atom is -0.367 e. The van der Waals surface area contributed by atoms with Crippen LogP contribution in [0.25, 0.3) is 5.65 Å². The van der Waals surface area contributed by atoms with Gasteiger partial charge < -0.3 is 5.32 Å². The van der Waals surface area contributed by atoms with Gasteiger partial charge in [-0.1, -0.05) is 0 Å². The molecule has 16 heavy (non-hydrogen) atoms. The predicted octanol–water partition coefficient (Wildman–Crippen LogP) is 1.86. The summed E-state index contributed by atoms with van der Waals surface area (Å²) in [5.41, 5.74) is 1.99. The van der Waals surface area contributed by atoms with E-state index in [9.17, 15) is 0 Å². The number of pyridine rings is 1. The largest absolute Gasteiger partial charge is 0.367 e. The maximum Gasteiger partial charge on any atom is 0.157 e. The molecule has 1 N–H and O–H groups in total. The third kappa shape index (κ3) is 1.98. The van der Waals surface area contributed by atoms with E-state index >= 15 is 0 Å². The van der Waals surface area contributed by atoms with E-state index in [4.69, 9.17) is 6.42 Å². The van der Waals surface area contributed by atoms with E-state index in [-0.39, 0.29) is 6.04 Å². The summed E-state index contributed by atoms with van der Waals surface area (Å²) >= 11 is 0. The number of anilines is 1. The maximum absolute atomic E-state index is 5.28. The minimum atomic E-state index is 0.221. The quantitative estimate of drug-likeness (QED) is 0.793. The van der Waals surface area contributed by atoms with Gasteiger partial charge >= 0.3 is 0 Å². The molecule has 0 fully saturated rings. The van der Waals surface area contributed by atoms with E-state index in [0.29, 0.717) is 6.42 Å². The fourth-order valence-electron chi connectivity index (χ4n) is 1.64. The Morgan fingerprint density at radius 3 is 3.12 bits per heavy atom. The van der Waals surface area contributed by atoms with E-state index in [1.54, 1.807) is 10.8 Å². The molecule has 0 saturated heterocycles. The first-order chi connectivity index (χ1) is 7.70. The number of hydrogen-bond acceptors (Lipinski definition) is 3. The molecule has 4 heteroatoms. The zero-order valence-corrected chi connectivity index (χ0v) is 9.44. The molecule has 0 aliphatic heterocycles. The van der Waals surface area contributed by atoms with Crippen molar-refractivity contribution >= 4 is 11.5 Å². The van der Waals surface area contributed by atoms with Crippen molar-refractivity contribution in [2.75, 3.05) is 5.32 Å². The summed E-state index contributed by atoms with van der Waals surface area (Å²) in [4.78, 5) is 4.17. The Morgan fingerprint density at radius 1 is 1.56 bits per heavy atom. The van der Waals surface area contributed by atoms with Gasteiger partial charge in [-0.25, -0.2) is 4.98 Å². The second-order valence-corrected chi connectivity index (χ2v) is 3.90. The molecule has 0 amide bonds. The van der Waals surface area contributed by atoms with E-state index in [2.05, 4.69) is 21.3 Å². The molecule has 0 saturated carbocycles. The molecule has 2 aromatic heterocycles. The van der Waals surface area contributed by atoms with Crippen LogP contribution >= 0.6 is 0 Å². The summed E-state index contributed by atoms with van der Waals surface area (Å²) in [6.45, 7) is 4.08. The SMILES string of the molecule is C#CCC(C)Nc1cc(C)cc2ncnn12. The van der Waals surface area contributed by atoms with Crippen molar-refractivity contribution in [3.8, 4) is 12.3 Å². The molecular weight excluding hydrogens is 200 g/mol. The highest BCUT2D eigenvalue weighted by atomic mass is 15.3. The minimum absolute atomic E-state index is 0.221. The molecule has 1 unspecified atom stereocenters. The van der Waals surface area contributed by atoms with Crippen LogP contribution in [-0.2, 0) is 0 Å². The summed E-state index contributed by atoms with van der Waals surface area (Å²) in [5, 5.41) is 7.50.